The number of halogens is 2. The van der Waals surface area contributed by atoms with Gasteiger partial charge in [0.1, 0.15) is 23.6 Å². The molecule has 0 unspecified atom stereocenters. The summed E-state index contributed by atoms with van der Waals surface area (Å²) in [5, 5.41) is 10.5. The molecule has 0 fully saturated rings. The third kappa shape index (κ3) is 3.97. The number of pyridine rings is 1. The van der Waals surface area contributed by atoms with Crippen molar-refractivity contribution in [3.63, 3.8) is 0 Å². The quantitative estimate of drug-likeness (QED) is 0.397. The SMILES string of the molecule is C[Si](C)(C)CCOCn1c(Cl)c(I)c2cc(C#N)cnc21. The molecule has 2 aromatic heterocycles. The highest BCUT2D eigenvalue weighted by molar-refractivity contribution is 14.1. The first-order valence-electron chi connectivity index (χ1n) is 6.64. The van der Waals surface area contributed by atoms with E-state index in [-0.39, 0.29) is 0 Å². The highest BCUT2D eigenvalue weighted by Crippen LogP contribution is 2.30. The Hall–Kier alpha value is -0.623. The van der Waals surface area contributed by atoms with Crippen LogP contribution in [-0.4, -0.2) is 24.2 Å². The van der Waals surface area contributed by atoms with Crippen molar-refractivity contribution < 1.29 is 4.74 Å². The summed E-state index contributed by atoms with van der Waals surface area (Å²) in [6, 6.07) is 5.03. The standard InChI is InChI=1S/C14H17ClIN3OSi/c1-21(2,3)5-4-20-9-19-13(15)12(16)11-6-10(7-17)8-18-14(11)19/h6,8H,4-5,9H2,1-3H3. The fourth-order valence-electron chi connectivity index (χ4n) is 1.87. The molecule has 4 nitrogen and oxygen atoms in total. The van der Waals surface area contributed by atoms with Gasteiger partial charge in [0.2, 0.25) is 0 Å². The van der Waals surface area contributed by atoms with E-state index in [0.29, 0.717) is 17.4 Å². The van der Waals surface area contributed by atoms with Crippen LogP contribution in [0.5, 0.6) is 0 Å². The van der Waals surface area contributed by atoms with Crippen LogP contribution >= 0.6 is 34.2 Å². The molecule has 0 aliphatic carbocycles. The summed E-state index contributed by atoms with van der Waals surface area (Å²) < 4.78 is 8.52. The topological polar surface area (TPSA) is 50.8 Å². The van der Waals surface area contributed by atoms with E-state index >= 15 is 0 Å². The van der Waals surface area contributed by atoms with Gasteiger partial charge in [-0.2, -0.15) is 5.26 Å². The summed E-state index contributed by atoms with van der Waals surface area (Å²) in [4.78, 5) is 4.34. The Balaban J connectivity index is 2.20. The maximum absolute atomic E-state index is 8.96. The fourth-order valence-corrected chi connectivity index (χ4v) is 3.55. The number of fused-ring (bicyclic) bond motifs is 1. The summed E-state index contributed by atoms with van der Waals surface area (Å²) in [5.41, 5.74) is 1.30. The fraction of sp³-hybridized carbons (Fsp3) is 0.429. The van der Waals surface area contributed by atoms with Crippen molar-refractivity contribution >= 4 is 53.3 Å². The zero-order valence-corrected chi connectivity index (χ0v) is 16.2. The van der Waals surface area contributed by atoms with Crippen molar-refractivity contribution in [2.24, 2.45) is 0 Å². The van der Waals surface area contributed by atoms with Gasteiger partial charge >= 0.3 is 0 Å². The second-order valence-electron chi connectivity index (χ2n) is 6.09. The van der Waals surface area contributed by atoms with E-state index in [2.05, 4.69) is 53.3 Å². The first kappa shape index (κ1) is 16.7. The second-order valence-corrected chi connectivity index (χ2v) is 13.1. The molecule has 0 N–H and O–H groups in total. The van der Waals surface area contributed by atoms with Gasteiger partial charge in [-0.1, -0.05) is 31.2 Å². The molecule has 112 valence electrons. The van der Waals surface area contributed by atoms with Gasteiger partial charge in [0, 0.05) is 26.3 Å². The van der Waals surface area contributed by atoms with E-state index in [1.807, 2.05) is 10.6 Å². The number of rotatable bonds is 5. The normalized spacial score (nSPS) is 11.8. The molecule has 0 spiro atoms. The van der Waals surface area contributed by atoms with Gasteiger partial charge in [-0.15, -0.1) is 0 Å². The molecule has 0 aromatic carbocycles. The molecule has 7 heteroatoms. The Morgan fingerprint density at radius 3 is 2.81 bits per heavy atom. The van der Waals surface area contributed by atoms with E-state index in [1.165, 1.54) is 0 Å². The molecule has 0 bridgehead atoms. The Morgan fingerprint density at radius 2 is 2.19 bits per heavy atom. The lowest BCUT2D eigenvalue weighted by Gasteiger charge is -2.16. The molecule has 21 heavy (non-hydrogen) atoms. The first-order valence-corrected chi connectivity index (χ1v) is 11.8. The minimum Gasteiger partial charge on any atom is -0.361 e. The van der Waals surface area contributed by atoms with Crippen molar-refractivity contribution in [3.8, 4) is 6.07 Å². The third-order valence-electron chi connectivity index (χ3n) is 3.12. The monoisotopic (exact) mass is 433 g/mol. The molecule has 0 amide bonds. The Kier molecular flexibility index (Phi) is 5.30. The summed E-state index contributed by atoms with van der Waals surface area (Å²) in [5.74, 6) is 0. The van der Waals surface area contributed by atoms with Gasteiger partial charge in [0.25, 0.3) is 0 Å². The summed E-state index contributed by atoms with van der Waals surface area (Å²) in [6.07, 6.45) is 1.56. The van der Waals surface area contributed by atoms with Crippen molar-refractivity contribution in [3.05, 3.63) is 26.5 Å². The van der Waals surface area contributed by atoms with Crippen LogP contribution in [0.15, 0.2) is 12.3 Å². The zero-order chi connectivity index (χ0) is 15.6. The molecule has 2 aromatic rings. The predicted octanol–water partition coefficient (Wildman–Crippen LogP) is 4.48. The summed E-state index contributed by atoms with van der Waals surface area (Å²) in [6.45, 7) is 8.09. The third-order valence-corrected chi connectivity index (χ3v) is 6.63. The van der Waals surface area contributed by atoms with Gasteiger partial charge in [0.15, 0.2) is 0 Å². The van der Waals surface area contributed by atoms with Crippen LogP contribution in [0.25, 0.3) is 11.0 Å². The lowest BCUT2D eigenvalue weighted by Crippen LogP contribution is -2.22. The molecule has 0 aliphatic heterocycles. The van der Waals surface area contributed by atoms with Gasteiger partial charge in [0.05, 0.1) is 9.13 Å². The molecule has 0 aliphatic rings. The van der Waals surface area contributed by atoms with Crippen molar-refractivity contribution in [2.75, 3.05) is 6.61 Å². The van der Waals surface area contributed by atoms with Gasteiger partial charge in [-0.3, -0.25) is 4.57 Å². The Bertz CT molecular complexity index is 703. The van der Waals surface area contributed by atoms with Gasteiger partial charge < -0.3 is 4.74 Å². The molecular formula is C14H17ClIN3OSi. The maximum atomic E-state index is 8.96. The summed E-state index contributed by atoms with van der Waals surface area (Å²) >= 11 is 8.54. The molecule has 0 atom stereocenters. The van der Waals surface area contributed by atoms with Crippen molar-refractivity contribution in [1.82, 2.24) is 9.55 Å². The van der Waals surface area contributed by atoms with Crippen LogP contribution in [0.3, 0.4) is 0 Å². The van der Waals surface area contributed by atoms with Crippen LogP contribution in [-0.2, 0) is 11.5 Å². The number of aromatic nitrogens is 2. The van der Waals surface area contributed by atoms with Crippen LogP contribution in [0.2, 0.25) is 30.8 Å². The highest BCUT2D eigenvalue weighted by Gasteiger charge is 2.16. The lowest BCUT2D eigenvalue weighted by molar-refractivity contribution is 0.0900. The Morgan fingerprint density at radius 1 is 1.48 bits per heavy atom. The van der Waals surface area contributed by atoms with Crippen molar-refractivity contribution in [1.29, 1.82) is 5.26 Å². The van der Waals surface area contributed by atoms with E-state index in [1.54, 1.807) is 6.20 Å². The first-order chi connectivity index (χ1) is 9.83. The van der Waals surface area contributed by atoms with E-state index in [4.69, 9.17) is 21.6 Å². The van der Waals surface area contributed by atoms with Crippen molar-refractivity contribution in [2.45, 2.75) is 32.4 Å². The summed E-state index contributed by atoms with van der Waals surface area (Å²) in [7, 11) is -1.09. The smallest absolute Gasteiger partial charge is 0.144 e. The molecule has 0 saturated heterocycles. The lowest BCUT2D eigenvalue weighted by atomic mass is 10.2. The molecule has 0 radical (unpaired) electrons. The molecule has 0 saturated carbocycles. The van der Waals surface area contributed by atoms with Crippen LogP contribution in [0, 0.1) is 14.9 Å². The predicted molar refractivity (Wildman–Crippen MR) is 96.3 cm³/mol. The van der Waals surface area contributed by atoms with Gasteiger partial charge in [-0.25, -0.2) is 4.98 Å². The largest absolute Gasteiger partial charge is 0.361 e. The number of hydrogen-bond donors (Lipinski definition) is 0. The number of nitriles is 1. The second kappa shape index (κ2) is 6.65. The minimum absolute atomic E-state index is 0.391. The Labute approximate surface area is 144 Å². The molecule has 2 rings (SSSR count). The number of nitrogens with zero attached hydrogens (tertiary/aromatic N) is 3. The van der Waals surface area contributed by atoms with Crippen LogP contribution in [0.4, 0.5) is 0 Å². The molecule has 2 heterocycles. The van der Waals surface area contributed by atoms with Crippen LogP contribution in [0.1, 0.15) is 5.56 Å². The van der Waals surface area contributed by atoms with Gasteiger partial charge in [-0.05, 0) is 34.7 Å². The molecular weight excluding hydrogens is 417 g/mol. The van der Waals surface area contributed by atoms with E-state index in [0.717, 1.165) is 27.3 Å². The minimum atomic E-state index is -1.09. The highest BCUT2D eigenvalue weighted by atomic mass is 127. The number of hydrogen-bond acceptors (Lipinski definition) is 3. The zero-order valence-electron chi connectivity index (χ0n) is 12.3. The average Bonchev–Trinajstić information content (AvgIpc) is 2.66. The van der Waals surface area contributed by atoms with Crippen LogP contribution < -0.4 is 0 Å². The van der Waals surface area contributed by atoms with E-state index < -0.39 is 8.07 Å². The van der Waals surface area contributed by atoms with E-state index in [9.17, 15) is 0 Å². The maximum Gasteiger partial charge on any atom is 0.144 e. The average molecular weight is 434 g/mol. The number of ether oxygens (including phenoxy) is 1.